The lowest BCUT2D eigenvalue weighted by molar-refractivity contribution is -0.126. The minimum absolute atomic E-state index is 0.252. The number of imide groups is 1. The van der Waals surface area contributed by atoms with E-state index in [-0.39, 0.29) is 18.4 Å². The summed E-state index contributed by atoms with van der Waals surface area (Å²) in [5.41, 5.74) is 3.23. The summed E-state index contributed by atoms with van der Waals surface area (Å²) in [4.78, 5) is 26.5. The highest BCUT2D eigenvalue weighted by Gasteiger charge is 2.22. The Kier molecular flexibility index (Phi) is 6.00. The van der Waals surface area contributed by atoms with Crippen LogP contribution in [0.1, 0.15) is 28.4 Å². The topological polar surface area (TPSA) is 49.4 Å². The van der Waals surface area contributed by atoms with E-state index in [0.29, 0.717) is 17.8 Å². The van der Waals surface area contributed by atoms with Gasteiger partial charge in [0.15, 0.2) is 0 Å². The summed E-state index contributed by atoms with van der Waals surface area (Å²) in [5, 5.41) is 3.31. The van der Waals surface area contributed by atoms with Crippen LogP contribution in [-0.2, 0) is 17.9 Å². The molecule has 0 unspecified atom stereocenters. The Morgan fingerprint density at radius 2 is 1.33 bits per heavy atom. The van der Waals surface area contributed by atoms with Gasteiger partial charge in [0, 0.05) is 19.2 Å². The Morgan fingerprint density at radius 1 is 0.778 bits per heavy atom. The number of nitrogens with zero attached hydrogens (tertiary/aromatic N) is 1. The van der Waals surface area contributed by atoms with Gasteiger partial charge >= 0.3 is 0 Å². The van der Waals surface area contributed by atoms with Crippen LogP contribution in [0, 0.1) is 0 Å². The molecule has 0 aromatic heterocycles. The van der Waals surface area contributed by atoms with Crippen molar-refractivity contribution in [3.8, 4) is 0 Å². The van der Waals surface area contributed by atoms with Gasteiger partial charge in [0.25, 0.3) is 5.91 Å². The van der Waals surface area contributed by atoms with E-state index in [1.165, 1.54) is 11.8 Å². The summed E-state index contributed by atoms with van der Waals surface area (Å²) in [6.07, 6.45) is 0. The summed E-state index contributed by atoms with van der Waals surface area (Å²) in [7, 11) is 0. The van der Waals surface area contributed by atoms with E-state index < -0.39 is 0 Å². The summed E-state index contributed by atoms with van der Waals surface area (Å²) in [5.74, 6) is -0.579. The van der Waals surface area contributed by atoms with Crippen LogP contribution in [0.2, 0.25) is 0 Å². The molecule has 0 heterocycles. The van der Waals surface area contributed by atoms with Gasteiger partial charge in [-0.1, -0.05) is 72.8 Å². The first-order valence-corrected chi connectivity index (χ1v) is 8.88. The predicted octanol–water partition coefficient (Wildman–Crippen LogP) is 4.49. The molecule has 1 N–H and O–H groups in total. The molecule has 0 bridgehead atoms. The highest BCUT2D eigenvalue weighted by atomic mass is 16.2. The largest absolute Gasteiger partial charge is 0.380 e. The van der Waals surface area contributed by atoms with Crippen molar-refractivity contribution in [3.05, 3.63) is 102 Å². The molecule has 3 aromatic carbocycles. The molecule has 0 aliphatic carbocycles. The Bertz CT molecular complexity index is 908. The minimum Gasteiger partial charge on any atom is -0.380 e. The number of carbonyl (C=O) groups excluding carboxylic acids is 2. The summed E-state index contributed by atoms with van der Waals surface area (Å²) in [6, 6.07) is 26.8. The van der Waals surface area contributed by atoms with E-state index in [2.05, 4.69) is 5.32 Å². The van der Waals surface area contributed by atoms with Gasteiger partial charge in [-0.15, -0.1) is 0 Å². The van der Waals surface area contributed by atoms with E-state index in [1.807, 2.05) is 78.9 Å². The normalized spacial score (nSPS) is 10.3. The zero-order valence-corrected chi connectivity index (χ0v) is 15.3. The monoisotopic (exact) mass is 358 g/mol. The Labute approximate surface area is 159 Å². The highest BCUT2D eigenvalue weighted by Crippen LogP contribution is 2.20. The van der Waals surface area contributed by atoms with Crippen molar-refractivity contribution in [3.63, 3.8) is 0 Å². The molecule has 136 valence electrons. The van der Waals surface area contributed by atoms with Crippen molar-refractivity contribution in [1.82, 2.24) is 4.90 Å². The molecule has 0 saturated carbocycles. The zero-order valence-electron chi connectivity index (χ0n) is 15.3. The van der Waals surface area contributed by atoms with Crippen LogP contribution in [0.3, 0.4) is 0 Å². The summed E-state index contributed by atoms with van der Waals surface area (Å²) in [6.45, 7) is 2.27. The van der Waals surface area contributed by atoms with Crippen LogP contribution in [0.15, 0.2) is 84.9 Å². The third kappa shape index (κ3) is 4.82. The van der Waals surface area contributed by atoms with Crippen LogP contribution < -0.4 is 5.32 Å². The van der Waals surface area contributed by atoms with Crippen LogP contribution in [0.25, 0.3) is 0 Å². The molecule has 27 heavy (non-hydrogen) atoms. The SMILES string of the molecule is CC(=O)N(Cc1ccccc1)C(=O)c1ccccc1NCc1ccccc1. The molecular weight excluding hydrogens is 336 g/mol. The van der Waals surface area contributed by atoms with Crippen molar-refractivity contribution >= 4 is 17.5 Å². The molecule has 3 aromatic rings. The van der Waals surface area contributed by atoms with Crippen molar-refractivity contribution in [1.29, 1.82) is 0 Å². The molecule has 2 amide bonds. The molecular formula is C23H22N2O2. The molecule has 0 aliphatic heterocycles. The number of hydrogen-bond donors (Lipinski definition) is 1. The molecule has 3 rings (SSSR count). The van der Waals surface area contributed by atoms with E-state index in [0.717, 1.165) is 11.1 Å². The third-order valence-corrected chi connectivity index (χ3v) is 4.29. The van der Waals surface area contributed by atoms with Gasteiger partial charge in [-0.3, -0.25) is 14.5 Å². The van der Waals surface area contributed by atoms with Crippen LogP contribution >= 0.6 is 0 Å². The fourth-order valence-corrected chi connectivity index (χ4v) is 2.85. The predicted molar refractivity (Wildman–Crippen MR) is 107 cm³/mol. The lowest BCUT2D eigenvalue weighted by Gasteiger charge is -2.21. The van der Waals surface area contributed by atoms with Crippen molar-refractivity contribution < 1.29 is 9.59 Å². The summed E-state index contributed by atoms with van der Waals surface area (Å²) >= 11 is 0. The Morgan fingerprint density at radius 3 is 1.96 bits per heavy atom. The average molecular weight is 358 g/mol. The van der Waals surface area contributed by atoms with Gasteiger partial charge in [0.2, 0.25) is 5.91 Å². The fourth-order valence-electron chi connectivity index (χ4n) is 2.85. The molecule has 0 radical (unpaired) electrons. The second kappa shape index (κ2) is 8.81. The molecule has 0 spiro atoms. The highest BCUT2D eigenvalue weighted by molar-refractivity contribution is 6.07. The maximum atomic E-state index is 13.1. The molecule has 0 saturated heterocycles. The smallest absolute Gasteiger partial charge is 0.262 e. The van der Waals surface area contributed by atoms with Crippen molar-refractivity contribution in [2.45, 2.75) is 20.0 Å². The summed E-state index contributed by atoms with van der Waals surface area (Å²) < 4.78 is 0. The van der Waals surface area contributed by atoms with E-state index in [1.54, 1.807) is 6.07 Å². The fraction of sp³-hybridized carbons (Fsp3) is 0.130. The zero-order chi connectivity index (χ0) is 19.1. The Hall–Kier alpha value is -3.40. The second-order valence-corrected chi connectivity index (χ2v) is 6.28. The number of hydrogen-bond acceptors (Lipinski definition) is 3. The first-order valence-electron chi connectivity index (χ1n) is 8.88. The van der Waals surface area contributed by atoms with Gasteiger partial charge in [-0.25, -0.2) is 0 Å². The number of amides is 2. The van der Waals surface area contributed by atoms with Gasteiger partial charge in [-0.05, 0) is 23.3 Å². The number of nitrogens with one attached hydrogen (secondary N) is 1. The number of anilines is 1. The standard InChI is InChI=1S/C23H22N2O2/c1-18(26)25(17-20-12-6-3-7-13-20)23(27)21-14-8-9-15-22(21)24-16-19-10-4-2-5-11-19/h2-15,24H,16-17H2,1H3. The maximum Gasteiger partial charge on any atom is 0.262 e. The molecule has 0 aliphatic rings. The minimum atomic E-state index is -0.303. The van der Waals surface area contributed by atoms with Crippen molar-refractivity contribution in [2.24, 2.45) is 0 Å². The molecule has 0 fully saturated rings. The quantitative estimate of drug-likeness (QED) is 0.706. The lowest BCUT2D eigenvalue weighted by Crippen LogP contribution is -2.35. The number of benzene rings is 3. The Balaban J connectivity index is 1.81. The first-order chi connectivity index (χ1) is 13.1. The maximum absolute atomic E-state index is 13.1. The number of rotatable bonds is 6. The van der Waals surface area contributed by atoms with Crippen molar-refractivity contribution in [2.75, 3.05) is 5.32 Å². The van der Waals surface area contributed by atoms with Gasteiger partial charge in [0.1, 0.15) is 0 Å². The number of para-hydroxylation sites is 1. The average Bonchev–Trinajstić information content (AvgIpc) is 2.71. The van der Waals surface area contributed by atoms with Gasteiger partial charge in [-0.2, -0.15) is 0 Å². The van der Waals surface area contributed by atoms with E-state index >= 15 is 0 Å². The molecule has 0 atom stereocenters. The van der Waals surface area contributed by atoms with Crippen LogP contribution in [-0.4, -0.2) is 16.7 Å². The second-order valence-electron chi connectivity index (χ2n) is 6.28. The van der Waals surface area contributed by atoms with Crippen LogP contribution in [0.4, 0.5) is 5.69 Å². The van der Waals surface area contributed by atoms with Crippen LogP contribution in [0.5, 0.6) is 0 Å². The molecule has 4 nitrogen and oxygen atoms in total. The van der Waals surface area contributed by atoms with E-state index in [4.69, 9.17) is 0 Å². The first kappa shape index (κ1) is 18.4. The molecule has 4 heteroatoms. The van der Waals surface area contributed by atoms with Gasteiger partial charge < -0.3 is 5.32 Å². The third-order valence-electron chi connectivity index (χ3n) is 4.29. The van der Waals surface area contributed by atoms with E-state index in [9.17, 15) is 9.59 Å². The van der Waals surface area contributed by atoms with Gasteiger partial charge in [0.05, 0.1) is 12.1 Å². The lowest BCUT2D eigenvalue weighted by atomic mass is 10.1. The number of carbonyl (C=O) groups is 2.